The molecule has 0 atom stereocenters. The molecule has 3 aromatic rings. The molecule has 0 amide bonds. The molecule has 5 nitrogen and oxygen atoms in total. The number of methoxy groups -OCH3 is 1. The molecule has 2 aromatic carbocycles. The minimum absolute atomic E-state index is 0.102. The Balaban J connectivity index is 1.79. The molecule has 3 rings (SSSR count). The number of benzene rings is 2. The van der Waals surface area contributed by atoms with E-state index in [1.54, 1.807) is 19.2 Å². The summed E-state index contributed by atoms with van der Waals surface area (Å²) in [5.41, 5.74) is 1.34. The summed E-state index contributed by atoms with van der Waals surface area (Å²) in [6.45, 7) is 1.03. The second kappa shape index (κ2) is 9.12. The van der Waals surface area contributed by atoms with Crippen molar-refractivity contribution in [2.75, 3.05) is 19.5 Å². The van der Waals surface area contributed by atoms with Crippen LogP contribution in [0.25, 0.3) is 11.4 Å². The van der Waals surface area contributed by atoms with Crippen LogP contribution >= 0.6 is 23.4 Å². The van der Waals surface area contributed by atoms with Gasteiger partial charge in [0.2, 0.25) is 0 Å². The van der Waals surface area contributed by atoms with Crippen molar-refractivity contribution in [3.63, 3.8) is 0 Å². The highest BCUT2D eigenvalue weighted by atomic mass is 35.5. The quantitative estimate of drug-likeness (QED) is 0.411. The predicted octanol–water partition coefficient (Wildman–Crippen LogP) is 4.36. The number of thioether (sulfide) groups is 1. The summed E-state index contributed by atoms with van der Waals surface area (Å²) in [6.07, 6.45) is 0. The molecule has 27 heavy (non-hydrogen) atoms. The summed E-state index contributed by atoms with van der Waals surface area (Å²) in [6, 6.07) is 12.8. The zero-order valence-electron chi connectivity index (χ0n) is 14.6. The number of rotatable bonds is 8. The smallest absolute Gasteiger partial charge is 0.192 e. The molecule has 0 spiro atoms. The SMILES string of the molecule is COCCn1c(SCC(=O)c2ccc(F)cc2)nnc1-c1ccc(Cl)cc1. The summed E-state index contributed by atoms with van der Waals surface area (Å²) in [7, 11) is 1.62. The first-order valence-corrected chi connectivity index (χ1v) is 9.54. The Bertz CT molecular complexity index is 914. The third-order valence-electron chi connectivity index (χ3n) is 3.84. The van der Waals surface area contributed by atoms with Gasteiger partial charge in [0.15, 0.2) is 16.8 Å². The number of carbonyl (C=O) groups is 1. The van der Waals surface area contributed by atoms with Crippen LogP contribution in [-0.4, -0.2) is 40.0 Å². The lowest BCUT2D eigenvalue weighted by Gasteiger charge is -2.09. The van der Waals surface area contributed by atoms with Gasteiger partial charge in [0, 0.05) is 23.3 Å². The van der Waals surface area contributed by atoms with Crippen molar-refractivity contribution in [2.24, 2.45) is 0 Å². The van der Waals surface area contributed by atoms with Crippen LogP contribution in [0.15, 0.2) is 53.7 Å². The van der Waals surface area contributed by atoms with E-state index in [-0.39, 0.29) is 17.4 Å². The Labute approximate surface area is 165 Å². The van der Waals surface area contributed by atoms with Crippen LogP contribution < -0.4 is 0 Å². The molecule has 0 saturated heterocycles. The average molecular weight is 406 g/mol. The van der Waals surface area contributed by atoms with Crippen molar-refractivity contribution >= 4 is 29.1 Å². The first-order valence-electron chi connectivity index (χ1n) is 8.18. The Morgan fingerprint density at radius 1 is 1.15 bits per heavy atom. The van der Waals surface area contributed by atoms with E-state index in [9.17, 15) is 9.18 Å². The van der Waals surface area contributed by atoms with E-state index in [0.717, 1.165) is 5.56 Å². The van der Waals surface area contributed by atoms with Gasteiger partial charge in [-0.15, -0.1) is 10.2 Å². The summed E-state index contributed by atoms with van der Waals surface area (Å²) in [4.78, 5) is 12.3. The second-order valence-electron chi connectivity index (χ2n) is 5.68. The number of ether oxygens (including phenoxy) is 1. The maximum absolute atomic E-state index is 13.0. The number of ketones is 1. The monoisotopic (exact) mass is 405 g/mol. The van der Waals surface area contributed by atoms with Crippen LogP contribution in [0, 0.1) is 5.82 Å². The highest BCUT2D eigenvalue weighted by molar-refractivity contribution is 7.99. The van der Waals surface area contributed by atoms with E-state index in [0.29, 0.717) is 34.7 Å². The van der Waals surface area contributed by atoms with Crippen LogP contribution in [-0.2, 0) is 11.3 Å². The third-order valence-corrected chi connectivity index (χ3v) is 5.06. The number of Topliss-reactive ketones (excluding diaryl/α,β-unsaturated/α-hetero) is 1. The topological polar surface area (TPSA) is 57.0 Å². The minimum Gasteiger partial charge on any atom is -0.383 e. The molecule has 0 aliphatic heterocycles. The lowest BCUT2D eigenvalue weighted by molar-refractivity contribution is 0.102. The first-order chi connectivity index (χ1) is 13.1. The van der Waals surface area contributed by atoms with E-state index in [1.807, 2.05) is 16.7 Å². The molecule has 0 aliphatic rings. The molecule has 1 aromatic heterocycles. The van der Waals surface area contributed by atoms with Crippen LogP contribution in [0.3, 0.4) is 0 Å². The summed E-state index contributed by atoms with van der Waals surface area (Å²) in [5.74, 6) is 0.387. The lowest BCUT2D eigenvalue weighted by atomic mass is 10.1. The summed E-state index contributed by atoms with van der Waals surface area (Å²) >= 11 is 7.24. The lowest BCUT2D eigenvalue weighted by Crippen LogP contribution is -2.09. The maximum Gasteiger partial charge on any atom is 0.192 e. The Morgan fingerprint density at radius 2 is 1.85 bits per heavy atom. The average Bonchev–Trinajstić information content (AvgIpc) is 3.08. The molecular weight excluding hydrogens is 389 g/mol. The van der Waals surface area contributed by atoms with Gasteiger partial charge in [-0.25, -0.2) is 4.39 Å². The maximum atomic E-state index is 13.0. The zero-order chi connectivity index (χ0) is 19.2. The van der Waals surface area contributed by atoms with Crippen molar-refractivity contribution in [3.8, 4) is 11.4 Å². The van der Waals surface area contributed by atoms with Crippen molar-refractivity contribution in [2.45, 2.75) is 11.7 Å². The van der Waals surface area contributed by atoms with E-state index >= 15 is 0 Å². The molecule has 0 unspecified atom stereocenters. The summed E-state index contributed by atoms with van der Waals surface area (Å²) < 4.78 is 20.1. The standard InChI is InChI=1S/C19H17ClFN3O2S/c1-26-11-10-24-18(14-2-6-15(20)7-3-14)22-23-19(24)27-12-17(25)13-4-8-16(21)9-5-13/h2-9H,10-12H2,1H3. The zero-order valence-corrected chi connectivity index (χ0v) is 16.1. The molecule has 1 heterocycles. The normalized spacial score (nSPS) is 10.9. The van der Waals surface area contributed by atoms with Crippen LogP contribution in [0.2, 0.25) is 5.02 Å². The molecule has 0 fully saturated rings. The molecule has 8 heteroatoms. The number of halogens is 2. The Kier molecular flexibility index (Phi) is 6.60. The summed E-state index contributed by atoms with van der Waals surface area (Å²) in [5, 5.41) is 9.74. The number of aromatic nitrogens is 3. The first kappa shape index (κ1) is 19.5. The van der Waals surface area contributed by atoms with Gasteiger partial charge in [-0.2, -0.15) is 0 Å². The van der Waals surface area contributed by atoms with Gasteiger partial charge < -0.3 is 4.74 Å². The Hall–Kier alpha value is -2.22. The van der Waals surface area contributed by atoms with Crippen LogP contribution in [0.5, 0.6) is 0 Å². The van der Waals surface area contributed by atoms with Gasteiger partial charge in [0.1, 0.15) is 5.82 Å². The van der Waals surface area contributed by atoms with Gasteiger partial charge in [-0.3, -0.25) is 9.36 Å². The van der Waals surface area contributed by atoms with Gasteiger partial charge in [-0.1, -0.05) is 23.4 Å². The highest BCUT2D eigenvalue weighted by Crippen LogP contribution is 2.25. The van der Waals surface area contributed by atoms with Crippen molar-refractivity contribution in [3.05, 3.63) is 64.9 Å². The largest absolute Gasteiger partial charge is 0.383 e. The fourth-order valence-electron chi connectivity index (χ4n) is 2.44. The van der Waals surface area contributed by atoms with Gasteiger partial charge in [0.25, 0.3) is 0 Å². The van der Waals surface area contributed by atoms with Crippen LogP contribution in [0.4, 0.5) is 4.39 Å². The van der Waals surface area contributed by atoms with Crippen molar-refractivity contribution < 1.29 is 13.9 Å². The van der Waals surface area contributed by atoms with Gasteiger partial charge in [0.05, 0.1) is 18.9 Å². The molecule has 0 bridgehead atoms. The number of carbonyl (C=O) groups excluding carboxylic acids is 1. The number of nitrogens with zero attached hydrogens (tertiary/aromatic N) is 3. The van der Waals surface area contributed by atoms with E-state index < -0.39 is 0 Å². The number of hydrogen-bond acceptors (Lipinski definition) is 5. The molecular formula is C19H17ClFN3O2S. The third kappa shape index (κ3) is 4.94. The van der Waals surface area contributed by atoms with Crippen molar-refractivity contribution in [1.82, 2.24) is 14.8 Å². The van der Waals surface area contributed by atoms with Crippen LogP contribution in [0.1, 0.15) is 10.4 Å². The highest BCUT2D eigenvalue weighted by Gasteiger charge is 2.16. The molecule has 0 aliphatic carbocycles. The molecule has 140 valence electrons. The second-order valence-corrected chi connectivity index (χ2v) is 7.06. The molecule has 0 saturated carbocycles. The predicted molar refractivity (Wildman–Crippen MR) is 104 cm³/mol. The fourth-order valence-corrected chi connectivity index (χ4v) is 3.43. The van der Waals surface area contributed by atoms with Gasteiger partial charge >= 0.3 is 0 Å². The Morgan fingerprint density at radius 3 is 2.52 bits per heavy atom. The van der Waals surface area contributed by atoms with E-state index in [4.69, 9.17) is 16.3 Å². The van der Waals surface area contributed by atoms with Crippen molar-refractivity contribution in [1.29, 1.82) is 0 Å². The minimum atomic E-state index is -0.369. The van der Waals surface area contributed by atoms with E-state index in [1.165, 1.54) is 36.0 Å². The fraction of sp³-hybridized carbons (Fsp3) is 0.211. The molecule has 0 N–H and O–H groups in total. The van der Waals surface area contributed by atoms with Gasteiger partial charge in [-0.05, 0) is 48.5 Å². The van der Waals surface area contributed by atoms with E-state index in [2.05, 4.69) is 10.2 Å². The number of hydrogen-bond donors (Lipinski definition) is 0. The molecule has 0 radical (unpaired) electrons.